The van der Waals surface area contributed by atoms with Crippen LogP contribution in [0.4, 0.5) is 0 Å². The molecule has 1 atom stereocenters. The molecule has 2 rings (SSSR count). The fourth-order valence-electron chi connectivity index (χ4n) is 3.47. The first-order valence-corrected chi connectivity index (χ1v) is 8.62. The van der Waals surface area contributed by atoms with E-state index in [4.69, 9.17) is 0 Å². The molecule has 0 aromatic heterocycles. The van der Waals surface area contributed by atoms with E-state index in [1.54, 1.807) is 0 Å². The predicted molar refractivity (Wildman–Crippen MR) is 91.8 cm³/mol. The van der Waals surface area contributed by atoms with Gasteiger partial charge in [-0.25, -0.2) is 0 Å². The lowest BCUT2D eigenvalue weighted by molar-refractivity contribution is 0.175. The van der Waals surface area contributed by atoms with Crippen LogP contribution in [0.3, 0.4) is 0 Å². The van der Waals surface area contributed by atoms with Crippen molar-refractivity contribution in [2.24, 2.45) is 0 Å². The molecule has 118 valence electrons. The molecule has 2 heteroatoms. The summed E-state index contributed by atoms with van der Waals surface area (Å²) in [7, 11) is 2.31. The highest BCUT2D eigenvalue weighted by Gasteiger charge is 2.21. The van der Waals surface area contributed by atoms with Gasteiger partial charge in [0, 0.05) is 18.6 Å². The molecular weight excluding hydrogens is 256 g/mol. The molecule has 0 radical (unpaired) electrons. The first-order chi connectivity index (χ1) is 10.1. The minimum atomic E-state index is 0.446. The van der Waals surface area contributed by atoms with Gasteiger partial charge in [0.1, 0.15) is 0 Å². The van der Waals surface area contributed by atoms with Crippen molar-refractivity contribution in [3.05, 3.63) is 34.9 Å². The average molecular weight is 288 g/mol. The number of rotatable bonds is 6. The van der Waals surface area contributed by atoms with E-state index >= 15 is 0 Å². The van der Waals surface area contributed by atoms with E-state index in [9.17, 15) is 0 Å². The Morgan fingerprint density at radius 2 is 1.86 bits per heavy atom. The Bertz CT molecular complexity index is 435. The number of nitrogens with one attached hydrogen (secondary N) is 1. The van der Waals surface area contributed by atoms with Gasteiger partial charge in [0.05, 0.1) is 0 Å². The monoisotopic (exact) mass is 288 g/mol. The second-order valence-electron chi connectivity index (χ2n) is 6.69. The molecule has 2 nitrogen and oxygen atoms in total. The molecule has 1 aromatic carbocycles. The maximum atomic E-state index is 3.67. The number of hydrogen-bond acceptors (Lipinski definition) is 2. The largest absolute Gasteiger partial charge is 0.309 e. The summed E-state index contributed by atoms with van der Waals surface area (Å²) in [6, 6.07) is 8.14. The zero-order chi connectivity index (χ0) is 15.2. The third-order valence-corrected chi connectivity index (χ3v) is 5.05. The van der Waals surface area contributed by atoms with E-state index in [1.807, 2.05) is 0 Å². The molecule has 1 fully saturated rings. The summed E-state index contributed by atoms with van der Waals surface area (Å²) in [6.45, 7) is 8.74. The summed E-state index contributed by atoms with van der Waals surface area (Å²) in [5.74, 6) is 0. The lowest BCUT2D eigenvalue weighted by Gasteiger charge is -2.34. The van der Waals surface area contributed by atoms with Gasteiger partial charge in [0.2, 0.25) is 0 Å². The van der Waals surface area contributed by atoms with Gasteiger partial charge in [-0.1, -0.05) is 44.4 Å². The average Bonchev–Trinajstić information content (AvgIpc) is 2.50. The maximum absolute atomic E-state index is 3.67. The maximum Gasteiger partial charge on any atom is 0.0449 e. The van der Waals surface area contributed by atoms with Crippen LogP contribution in [0.1, 0.15) is 61.8 Å². The van der Waals surface area contributed by atoms with Crippen molar-refractivity contribution >= 4 is 0 Å². The van der Waals surface area contributed by atoms with Gasteiger partial charge in [-0.05, 0) is 57.0 Å². The quantitative estimate of drug-likeness (QED) is 0.843. The Morgan fingerprint density at radius 3 is 2.48 bits per heavy atom. The number of likely N-dealkylation sites (N-methyl/N-ethyl adjacent to an activating group) is 2. The molecule has 1 aromatic rings. The molecule has 0 aliphatic heterocycles. The summed E-state index contributed by atoms with van der Waals surface area (Å²) >= 11 is 0. The van der Waals surface area contributed by atoms with Crippen molar-refractivity contribution < 1.29 is 0 Å². The van der Waals surface area contributed by atoms with Crippen LogP contribution in [0.15, 0.2) is 18.2 Å². The van der Waals surface area contributed by atoms with Crippen LogP contribution in [-0.2, 0) is 0 Å². The number of aryl methyl sites for hydroxylation is 2. The van der Waals surface area contributed by atoms with Crippen molar-refractivity contribution in [1.82, 2.24) is 10.2 Å². The minimum absolute atomic E-state index is 0.446. The number of nitrogens with zero attached hydrogens (tertiary/aromatic N) is 1. The topological polar surface area (TPSA) is 15.3 Å². The molecule has 1 N–H and O–H groups in total. The van der Waals surface area contributed by atoms with Crippen LogP contribution < -0.4 is 5.32 Å². The summed E-state index contributed by atoms with van der Waals surface area (Å²) in [5.41, 5.74) is 4.22. The van der Waals surface area contributed by atoms with E-state index in [0.29, 0.717) is 6.04 Å². The molecule has 1 aliphatic carbocycles. The van der Waals surface area contributed by atoms with Gasteiger partial charge in [-0.3, -0.25) is 0 Å². The molecule has 0 bridgehead atoms. The van der Waals surface area contributed by atoms with Crippen molar-refractivity contribution in [2.45, 2.75) is 65.0 Å². The van der Waals surface area contributed by atoms with Gasteiger partial charge < -0.3 is 10.2 Å². The molecule has 1 unspecified atom stereocenters. The smallest absolute Gasteiger partial charge is 0.0449 e. The SMILES string of the molecule is CCNC(CN(C)C1CCCCC1)c1ccc(C)c(C)c1. The first-order valence-electron chi connectivity index (χ1n) is 8.62. The van der Waals surface area contributed by atoms with Crippen LogP contribution in [0.25, 0.3) is 0 Å². The number of benzene rings is 1. The van der Waals surface area contributed by atoms with Crippen LogP contribution in [-0.4, -0.2) is 31.1 Å². The molecule has 21 heavy (non-hydrogen) atoms. The van der Waals surface area contributed by atoms with E-state index in [1.165, 1.54) is 48.8 Å². The Morgan fingerprint density at radius 1 is 1.14 bits per heavy atom. The van der Waals surface area contributed by atoms with Crippen LogP contribution >= 0.6 is 0 Å². The Labute approximate surface area is 130 Å². The normalized spacial score (nSPS) is 18.1. The standard InChI is InChI=1S/C19H32N2/c1-5-20-19(17-12-11-15(2)16(3)13-17)14-21(4)18-9-7-6-8-10-18/h11-13,18-20H,5-10,14H2,1-4H3. The summed E-state index contributed by atoms with van der Waals surface area (Å²) in [4.78, 5) is 2.58. The summed E-state index contributed by atoms with van der Waals surface area (Å²) < 4.78 is 0. The van der Waals surface area contributed by atoms with Gasteiger partial charge in [-0.15, -0.1) is 0 Å². The third-order valence-electron chi connectivity index (χ3n) is 5.05. The first kappa shape index (κ1) is 16.5. The van der Waals surface area contributed by atoms with Gasteiger partial charge in [-0.2, -0.15) is 0 Å². The molecule has 0 saturated heterocycles. The van der Waals surface area contributed by atoms with E-state index in [0.717, 1.165) is 19.1 Å². The predicted octanol–water partition coefficient (Wildman–Crippen LogP) is 4.22. The van der Waals surface area contributed by atoms with Crippen molar-refractivity contribution in [2.75, 3.05) is 20.1 Å². The lowest BCUT2D eigenvalue weighted by atomic mass is 9.93. The van der Waals surface area contributed by atoms with Crippen molar-refractivity contribution in [3.8, 4) is 0 Å². The lowest BCUT2D eigenvalue weighted by Crippen LogP contribution is -2.40. The molecule has 0 spiro atoms. The second-order valence-corrected chi connectivity index (χ2v) is 6.69. The highest BCUT2D eigenvalue weighted by atomic mass is 15.2. The Kier molecular flexibility index (Phi) is 6.25. The second kappa shape index (κ2) is 7.95. The zero-order valence-corrected chi connectivity index (χ0v) is 14.3. The molecule has 1 aliphatic rings. The van der Waals surface area contributed by atoms with Crippen LogP contribution in [0.5, 0.6) is 0 Å². The molecule has 0 heterocycles. The summed E-state index contributed by atoms with van der Waals surface area (Å²) in [6.07, 6.45) is 7.00. The van der Waals surface area contributed by atoms with E-state index < -0.39 is 0 Å². The van der Waals surface area contributed by atoms with Crippen LogP contribution in [0.2, 0.25) is 0 Å². The minimum Gasteiger partial charge on any atom is -0.309 e. The van der Waals surface area contributed by atoms with Crippen molar-refractivity contribution in [3.63, 3.8) is 0 Å². The zero-order valence-electron chi connectivity index (χ0n) is 14.3. The third kappa shape index (κ3) is 4.55. The number of hydrogen-bond donors (Lipinski definition) is 1. The van der Waals surface area contributed by atoms with Crippen LogP contribution in [0, 0.1) is 13.8 Å². The highest BCUT2D eigenvalue weighted by Crippen LogP contribution is 2.24. The molecule has 1 saturated carbocycles. The molecular formula is C19H32N2. The Hall–Kier alpha value is -0.860. The highest BCUT2D eigenvalue weighted by molar-refractivity contribution is 5.32. The van der Waals surface area contributed by atoms with Gasteiger partial charge in [0.15, 0.2) is 0 Å². The summed E-state index contributed by atoms with van der Waals surface area (Å²) in [5, 5.41) is 3.67. The molecule has 0 amide bonds. The Balaban J connectivity index is 2.05. The van der Waals surface area contributed by atoms with Gasteiger partial charge >= 0.3 is 0 Å². The van der Waals surface area contributed by atoms with Gasteiger partial charge in [0.25, 0.3) is 0 Å². The van der Waals surface area contributed by atoms with Crippen molar-refractivity contribution in [1.29, 1.82) is 0 Å². The van der Waals surface area contributed by atoms with E-state index in [-0.39, 0.29) is 0 Å². The fourth-order valence-corrected chi connectivity index (χ4v) is 3.47. The fraction of sp³-hybridized carbons (Fsp3) is 0.684. The van der Waals surface area contributed by atoms with E-state index in [2.05, 4.69) is 56.2 Å².